The van der Waals surface area contributed by atoms with Crippen molar-refractivity contribution in [2.75, 3.05) is 25.4 Å². The van der Waals surface area contributed by atoms with Gasteiger partial charge in [0.25, 0.3) is 0 Å². The van der Waals surface area contributed by atoms with E-state index in [0.29, 0.717) is 12.3 Å². The molecule has 0 bridgehead atoms. The van der Waals surface area contributed by atoms with E-state index in [1.165, 1.54) is 0 Å². The zero-order chi connectivity index (χ0) is 16.4. The summed E-state index contributed by atoms with van der Waals surface area (Å²) in [6.45, 7) is 11.1. The highest BCUT2D eigenvalue weighted by Gasteiger charge is 2.18. The minimum absolute atomic E-state index is 0.166. The highest BCUT2D eigenvalue weighted by atomic mass is 32.2. The first kappa shape index (κ1) is 18.7. The Kier molecular flexibility index (Phi) is 8.16. The summed E-state index contributed by atoms with van der Waals surface area (Å²) in [6.07, 6.45) is 4.67. The molecule has 0 spiro atoms. The van der Waals surface area contributed by atoms with Crippen molar-refractivity contribution < 1.29 is 4.21 Å². The summed E-state index contributed by atoms with van der Waals surface area (Å²) < 4.78 is 13.7. The lowest BCUT2D eigenvalue weighted by atomic mass is 10.3. The van der Waals surface area contributed by atoms with Gasteiger partial charge in [0.05, 0.1) is 0 Å². The molecule has 2 N–H and O–H groups in total. The molecule has 0 amide bonds. The quantitative estimate of drug-likeness (QED) is 0.430. The van der Waals surface area contributed by atoms with Crippen LogP contribution < -0.4 is 10.6 Å². The van der Waals surface area contributed by atoms with E-state index >= 15 is 0 Å². The van der Waals surface area contributed by atoms with Crippen LogP contribution in [-0.2, 0) is 17.3 Å². The number of guanidine groups is 1. The van der Waals surface area contributed by atoms with Crippen LogP contribution in [0.15, 0.2) is 23.5 Å². The first-order valence-corrected chi connectivity index (χ1v) is 9.13. The predicted molar refractivity (Wildman–Crippen MR) is 93.6 cm³/mol. The van der Waals surface area contributed by atoms with Crippen LogP contribution in [0.4, 0.5) is 0 Å². The molecule has 22 heavy (non-hydrogen) atoms. The molecule has 6 nitrogen and oxygen atoms in total. The van der Waals surface area contributed by atoms with E-state index in [0.717, 1.165) is 32.0 Å². The summed E-state index contributed by atoms with van der Waals surface area (Å²) in [5.74, 6) is 1.41. The van der Waals surface area contributed by atoms with Crippen LogP contribution in [0.1, 0.15) is 34.1 Å². The summed E-state index contributed by atoms with van der Waals surface area (Å²) >= 11 is 0. The highest BCUT2D eigenvalue weighted by Crippen LogP contribution is 2.10. The monoisotopic (exact) mass is 327 g/mol. The Labute approximate surface area is 136 Å². The van der Waals surface area contributed by atoms with Crippen LogP contribution in [0, 0.1) is 0 Å². The van der Waals surface area contributed by atoms with Crippen molar-refractivity contribution in [2.45, 2.75) is 45.4 Å². The normalized spacial score (nSPS) is 13.9. The third-order valence-electron chi connectivity index (χ3n) is 2.98. The van der Waals surface area contributed by atoms with Gasteiger partial charge < -0.3 is 10.6 Å². The maximum Gasteiger partial charge on any atom is 0.191 e. The molecular weight excluding hydrogens is 298 g/mol. The summed E-state index contributed by atoms with van der Waals surface area (Å²) in [4.78, 5) is 4.53. The first-order valence-electron chi connectivity index (χ1n) is 7.81. The Morgan fingerprint density at radius 1 is 1.36 bits per heavy atom. The zero-order valence-electron chi connectivity index (χ0n) is 14.1. The molecule has 0 radical (unpaired) electrons. The average molecular weight is 327 g/mol. The number of hydrogen-bond donors (Lipinski definition) is 2. The fourth-order valence-corrected chi connectivity index (χ4v) is 2.67. The minimum Gasteiger partial charge on any atom is -0.357 e. The smallest absolute Gasteiger partial charge is 0.191 e. The third-order valence-corrected chi connectivity index (χ3v) is 4.92. The molecule has 1 aromatic rings. The van der Waals surface area contributed by atoms with Gasteiger partial charge in [0.2, 0.25) is 0 Å². The molecule has 0 saturated heterocycles. The average Bonchev–Trinajstić information content (AvgIpc) is 2.95. The van der Waals surface area contributed by atoms with E-state index in [-0.39, 0.29) is 4.75 Å². The van der Waals surface area contributed by atoms with Crippen LogP contribution in [0.5, 0.6) is 0 Å². The van der Waals surface area contributed by atoms with Gasteiger partial charge in [-0.25, -0.2) is 0 Å². The van der Waals surface area contributed by atoms with E-state index in [1.807, 2.05) is 44.6 Å². The van der Waals surface area contributed by atoms with E-state index in [9.17, 15) is 4.21 Å². The fourth-order valence-electron chi connectivity index (χ4n) is 1.77. The molecule has 1 heterocycles. The summed E-state index contributed by atoms with van der Waals surface area (Å²) in [7, 11) is -0.842. The second-order valence-corrected chi connectivity index (χ2v) is 8.30. The van der Waals surface area contributed by atoms with E-state index in [4.69, 9.17) is 0 Å². The van der Waals surface area contributed by atoms with Crippen molar-refractivity contribution in [3.8, 4) is 0 Å². The number of hydrogen-bond acceptors (Lipinski definition) is 3. The van der Waals surface area contributed by atoms with Gasteiger partial charge in [-0.2, -0.15) is 5.10 Å². The molecule has 1 atom stereocenters. The van der Waals surface area contributed by atoms with Crippen LogP contribution in [-0.4, -0.2) is 50.1 Å². The van der Waals surface area contributed by atoms with Gasteiger partial charge in [-0.15, -0.1) is 0 Å². The Morgan fingerprint density at radius 3 is 2.73 bits per heavy atom. The largest absolute Gasteiger partial charge is 0.357 e. The van der Waals surface area contributed by atoms with Crippen LogP contribution in [0.3, 0.4) is 0 Å². The molecule has 1 unspecified atom stereocenters. The molecule has 0 fully saturated rings. The van der Waals surface area contributed by atoms with Crippen molar-refractivity contribution in [2.24, 2.45) is 4.99 Å². The van der Waals surface area contributed by atoms with Gasteiger partial charge in [-0.1, -0.05) is 0 Å². The summed E-state index contributed by atoms with van der Waals surface area (Å²) in [5, 5.41) is 10.6. The van der Waals surface area contributed by atoms with Crippen molar-refractivity contribution in [1.29, 1.82) is 0 Å². The van der Waals surface area contributed by atoms with Crippen molar-refractivity contribution in [3.63, 3.8) is 0 Å². The van der Waals surface area contributed by atoms with Gasteiger partial charge in [0.1, 0.15) is 0 Å². The highest BCUT2D eigenvalue weighted by molar-refractivity contribution is 7.86. The maximum atomic E-state index is 12.0. The molecular formula is C15H29N5OS. The Bertz CT molecular complexity index is 465. The van der Waals surface area contributed by atoms with Crippen molar-refractivity contribution in [3.05, 3.63) is 18.5 Å². The Balaban J connectivity index is 2.30. The molecule has 0 aliphatic rings. The molecule has 1 rings (SSSR count). The molecule has 126 valence electrons. The van der Waals surface area contributed by atoms with Crippen LogP contribution in [0.25, 0.3) is 0 Å². The number of aliphatic imine (C=N–C) groups is 1. The van der Waals surface area contributed by atoms with Crippen LogP contribution >= 0.6 is 0 Å². The SMILES string of the molecule is CCNC(=NCCCn1cccn1)NCCS(=O)C(C)(C)C. The lowest BCUT2D eigenvalue weighted by Crippen LogP contribution is -2.40. The van der Waals surface area contributed by atoms with Gasteiger partial charge in [-0.05, 0) is 40.2 Å². The van der Waals surface area contributed by atoms with E-state index in [1.54, 1.807) is 6.20 Å². The molecule has 1 aromatic heterocycles. The second-order valence-electron chi connectivity index (χ2n) is 5.97. The third kappa shape index (κ3) is 7.59. The Morgan fingerprint density at radius 2 is 2.14 bits per heavy atom. The topological polar surface area (TPSA) is 71.3 Å². The summed E-state index contributed by atoms with van der Waals surface area (Å²) in [5.41, 5.74) is 0. The number of nitrogens with zero attached hydrogens (tertiary/aromatic N) is 3. The lowest BCUT2D eigenvalue weighted by Gasteiger charge is -2.18. The molecule has 0 aromatic carbocycles. The molecule has 0 saturated carbocycles. The molecule has 7 heteroatoms. The fraction of sp³-hybridized carbons (Fsp3) is 0.733. The van der Waals surface area contributed by atoms with Crippen molar-refractivity contribution in [1.82, 2.24) is 20.4 Å². The maximum absolute atomic E-state index is 12.0. The van der Waals surface area contributed by atoms with Gasteiger partial charge in [0.15, 0.2) is 5.96 Å². The lowest BCUT2D eigenvalue weighted by molar-refractivity contribution is 0.584. The van der Waals surface area contributed by atoms with Gasteiger partial charge in [0, 0.05) is 59.9 Å². The second kappa shape index (κ2) is 9.61. The Hall–Kier alpha value is -1.37. The van der Waals surface area contributed by atoms with E-state index in [2.05, 4.69) is 20.7 Å². The van der Waals surface area contributed by atoms with E-state index < -0.39 is 10.8 Å². The predicted octanol–water partition coefficient (Wildman–Crippen LogP) is 1.38. The zero-order valence-corrected chi connectivity index (χ0v) is 14.9. The van der Waals surface area contributed by atoms with Gasteiger partial charge in [-0.3, -0.25) is 13.9 Å². The molecule has 0 aliphatic carbocycles. The number of nitrogens with one attached hydrogen (secondary N) is 2. The van der Waals surface area contributed by atoms with Gasteiger partial charge >= 0.3 is 0 Å². The standard InChI is InChI=1S/C15H29N5OS/c1-5-16-14(18-10-13-22(21)15(2,3)4)17-8-6-11-20-12-7-9-19-20/h7,9,12H,5-6,8,10-11,13H2,1-4H3,(H2,16,17,18). The first-order chi connectivity index (χ1) is 10.4. The number of aromatic nitrogens is 2. The van der Waals surface area contributed by atoms with Crippen LogP contribution in [0.2, 0.25) is 0 Å². The molecule has 0 aliphatic heterocycles. The number of aryl methyl sites for hydroxylation is 1. The summed E-state index contributed by atoms with van der Waals surface area (Å²) in [6, 6.07) is 1.92. The minimum atomic E-state index is -0.842. The number of rotatable bonds is 8. The van der Waals surface area contributed by atoms with Crippen molar-refractivity contribution >= 4 is 16.8 Å².